The highest BCUT2D eigenvalue weighted by Crippen LogP contribution is 2.23. The van der Waals surface area contributed by atoms with E-state index in [2.05, 4.69) is 15.2 Å². The molecule has 156 valence electrons. The van der Waals surface area contributed by atoms with Crippen LogP contribution in [-0.4, -0.2) is 64.5 Å². The first kappa shape index (κ1) is 21.3. The summed E-state index contributed by atoms with van der Waals surface area (Å²) in [5.74, 6) is -0.523. The molecule has 3 N–H and O–H groups in total. The monoisotopic (exact) mass is 419 g/mol. The van der Waals surface area contributed by atoms with Gasteiger partial charge in [-0.05, 0) is 25.5 Å². The summed E-state index contributed by atoms with van der Waals surface area (Å²) in [5, 5.41) is 2.41. The second-order valence-corrected chi connectivity index (χ2v) is 8.10. The number of nitrogens with one attached hydrogen (secondary N) is 1. The lowest BCUT2D eigenvalue weighted by molar-refractivity contribution is -0.119. The molecular formula is C19H25N5O4S. The van der Waals surface area contributed by atoms with Crippen molar-refractivity contribution >= 4 is 34.6 Å². The van der Waals surface area contributed by atoms with Gasteiger partial charge in [-0.25, -0.2) is 9.78 Å². The Morgan fingerprint density at radius 1 is 1.28 bits per heavy atom. The molecule has 3 rings (SSSR count). The fraction of sp³-hybridized carbons (Fsp3) is 0.474. The molecule has 0 aliphatic carbocycles. The number of thioether (sulfide) groups is 1. The van der Waals surface area contributed by atoms with Crippen LogP contribution in [0.15, 0.2) is 34.2 Å². The lowest BCUT2D eigenvalue weighted by Crippen LogP contribution is -2.39. The van der Waals surface area contributed by atoms with Gasteiger partial charge in [-0.1, -0.05) is 23.9 Å². The van der Waals surface area contributed by atoms with Crippen molar-refractivity contribution in [1.29, 1.82) is 0 Å². The molecule has 1 atom stereocenters. The fourth-order valence-corrected chi connectivity index (χ4v) is 4.08. The number of ether oxygens (including phenoxy) is 1. The zero-order valence-electron chi connectivity index (χ0n) is 16.3. The number of para-hydroxylation sites is 1. The Morgan fingerprint density at radius 2 is 2.00 bits per heavy atom. The maximum absolute atomic E-state index is 13.1. The second-order valence-electron chi connectivity index (χ2n) is 6.79. The van der Waals surface area contributed by atoms with Crippen molar-refractivity contribution in [2.24, 2.45) is 5.73 Å². The van der Waals surface area contributed by atoms with E-state index in [0.717, 1.165) is 51.0 Å². The molecule has 0 spiro atoms. The molecule has 1 aromatic heterocycles. The van der Waals surface area contributed by atoms with E-state index in [1.54, 1.807) is 29.7 Å². The maximum atomic E-state index is 13.1. The van der Waals surface area contributed by atoms with Crippen LogP contribution >= 0.6 is 11.8 Å². The normalized spacial score (nSPS) is 15.9. The SMILES string of the molecule is C[C@@H](Sc1nc2ccccc2c(=O)n1CCCN1CCOCC1)C(=O)NC(N)=O. The smallest absolute Gasteiger partial charge is 0.318 e. The molecule has 2 aromatic rings. The fourth-order valence-electron chi connectivity index (χ4n) is 3.15. The van der Waals surface area contributed by atoms with E-state index in [1.807, 2.05) is 6.07 Å². The van der Waals surface area contributed by atoms with Gasteiger partial charge in [0.15, 0.2) is 5.16 Å². The van der Waals surface area contributed by atoms with E-state index in [9.17, 15) is 14.4 Å². The van der Waals surface area contributed by atoms with Crippen LogP contribution in [0.25, 0.3) is 10.9 Å². The van der Waals surface area contributed by atoms with Crippen LogP contribution in [0.2, 0.25) is 0 Å². The van der Waals surface area contributed by atoms with Gasteiger partial charge in [-0.3, -0.25) is 24.4 Å². The Balaban J connectivity index is 1.81. The number of hydrogen-bond donors (Lipinski definition) is 2. The highest BCUT2D eigenvalue weighted by atomic mass is 32.2. The molecular weight excluding hydrogens is 394 g/mol. The summed E-state index contributed by atoms with van der Waals surface area (Å²) in [6.45, 7) is 6.21. The van der Waals surface area contributed by atoms with E-state index >= 15 is 0 Å². The minimum absolute atomic E-state index is 0.136. The van der Waals surface area contributed by atoms with Gasteiger partial charge in [-0.15, -0.1) is 0 Å². The second kappa shape index (κ2) is 9.86. The van der Waals surface area contributed by atoms with Crippen LogP contribution in [0, 0.1) is 0 Å². The highest BCUT2D eigenvalue weighted by molar-refractivity contribution is 8.00. The van der Waals surface area contributed by atoms with Gasteiger partial charge in [0, 0.05) is 26.2 Å². The molecule has 2 heterocycles. The zero-order valence-corrected chi connectivity index (χ0v) is 17.1. The molecule has 1 aliphatic rings. The number of nitrogens with two attached hydrogens (primary N) is 1. The molecule has 10 heteroatoms. The third kappa shape index (κ3) is 5.55. The minimum Gasteiger partial charge on any atom is -0.379 e. The number of aromatic nitrogens is 2. The molecule has 0 bridgehead atoms. The van der Waals surface area contributed by atoms with Crippen molar-refractivity contribution in [3.05, 3.63) is 34.6 Å². The Morgan fingerprint density at radius 3 is 2.72 bits per heavy atom. The summed E-state index contributed by atoms with van der Waals surface area (Å²) in [4.78, 5) is 43.0. The van der Waals surface area contributed by atoms with E-state index in [4.69, 9.17) is 10.5 Å². The lowest BCUT2D eigenvalue weighted by atomic mass is 10.2. The molecule has 0 radical (unpaired) electrons. The topological polar surface area (TPSA) is 120 Å². The first-order valence-corrected chi connectivity index (χ1v) is 10.4. The molecule has 1 aliphatic heterocycles. The molecule has 29 heavy (non-hydrogen) atoms. The van der Waals surface area contributed by atoms with Gasteiger partial charge in [-0.2, -0.15) is 0 Å². The Kier molecular flexibility index (Phi) is 7.24. The molecule has 1 fully saturated rings. The number of urea groups is 1. The Labute approximate surface area is 172 Å². The largest absolute Gasteiger partial charge is 0.379 e. The van der Waals surface area contributed by atoms with Gasteiger partial charge < -0.3 is 10.5 Å². The van der Waals surface area contributed by atoms with Crippen molar-refractivity contribution in [3.8, 4) is 0 Å². The first-order valence-electron chi connectivity index (χ1n) is 9.52. The molecule has 3 amide bonds. The van der Waals surface area contributed by atoms with E-state index < -0.39 is 17.2 Å². The molecule has 0 saturated carbocycles. The van der Waals surface area contributed by atoms with Crippen LogP contribution in [0.4, 0.5) is 4.79 Å². The predicted molar refractivity (Wildman–Crippen MR) is 111 cm³/mol. The lowest BCUT2D eigenvalue weighted by Gasteiger charge is -2.26. The van der Waals surface area contributed by atoms with Gasteiger partial charge in [0.1, 0.15) is 0 Å². The Bertz CT molecular complexity index is 942. The highest BCUT2D eigenvalue weighted by Gasteiger charge is 2.20. The number of carbonyl (C=O) groups excluding carboxylic acids is 2. The quantitative estimate of drug-likeness (QED) is 0.503. The number of carbonyl (C=O) groups is 2. The van der Waals surface area contributed by atoms with Crippen molar-refractivity contribution < 1.29 is 14.3 Å². The molecule has 9 nitrogen and oxygen atoms in total. The summed E-state index contributed by atoms with van der Waals surface area (Å²) >= 11 is 1.13. The number of amides is 3. The first-order chi connectivity index (χ1) is 14.0. The third-order valence-electron chi connectivity index (χ3n) is 4.68. The number of primary amides is 1. The minimum atomic E-state index is -0.906. The number of imide groups is 1. The molecule has 1 aromatic carbocycles. The van der Waals surface area contributed by atoms with Crippen LogP contribution in [0.1, 0.15) is 13.3 Å². The summed E-state index contributed by atoms with van der Waals surface area (Å²) in [6, 6.07) is 6.24. The standard InChI is InChI=1S/C19H25N5O4S/c1-13(16(25)22-18(20)27)29-19-21-15-6-3-2-5-14(15)17(26)24(19)8-4-7-23-9-11-28-12-10-23/h2-3,5-6,13H,4,7-12H2,1H3,(H3,20,22,25,27)/t13-/m1/s1. The Hall–Kier alpha value is -2.43. The number of benzene rings is 1. The maximum Gasteiger partial charge on any atom is 0.318 e. The molecule has 1 saturated heterocycles. The number of nitrogens with zero attached hydrogens (tertiary/aromatic N) is 3. The van der Waals surface area contributed by atoms with E-state index in [-0.39, 0.29) is 5.56 Å². The zero-order chi connectivity index (χ0) is 20.8. The van der Waals surface area contributed by atoms with Crippen molar-refractivity contribution in [3.63, 3.8) is 0 Å². The van der Waals surface area contributed by atoms with Gasteiger partial charge >= 0.3 is 6.03 Å². The van der Waals surface area contributed by atoms with Crippen molar-refractivity contribution in [2.75, 3.05) is 32.8 Å². The van der Waals surface area contributed by atoms with E-state index in [0.29, 0.717) is 22.6 Å². The van der Waals surface area contributed by atoms with Crippen molar-refractivity contribution in [1.82, 2.24) is 19.8 Å². The number of hydrogen-bond acceptors (Lipinski definition) is 7. The summed E-state index contributed by atoms with van der Waals surface area (Å²) in [6.07, 6.45) is 0.773. The summed E-state index contributed by atoms with van der Waals surface area (Å²) in [5.41, 5.74) is 5.46. The number of morpholine rings is 1. The van der Waals surface area contributed by atoms with Crippen LogP contribution in [-0.2, 0) is 16.1 Å². The van der Waals surface area contributed by atoms with Crippen LogP contribution < -0.4 is 16.6 Å². The third-order valence-corrected chi connectivity index (χ3v) is 5.77. The van der Waals surface area contributed by atoms with E-state index in [1.165, 1.54) is 0 Å². The average Bonchev–Trinajstić information content (AvgIpc) is 2.70. The number of fused-ring (bicyclic) bond motifs is 1. The van der Waals surface area contributed by atoms with Gasteiger partial charge in [0.2, 0.25) is 5.91 Å². The summed E-state index contributed by atoms with van der Waals surface area (Å²) in [7, 11) is 0. The number of rotatable bonds is 7. The molecule has 0 unspecified atom stereocenters. The van der Waals surface area contributed by atoms with Crippen LogP contribution in [0.5, 0.6) is 0 Å². The summed E-state index contributed by atoms with van der Waals surface area (Å²) < 4.78 is 6.98. The van der Waals surface area contributed by atoms with Crippen molar-refractivity contribution in [2.45, 2.75) is 30.3 Å². The van der Waals surface area contributed by atoms with Gasteiger partial charge in [0.25, 0.3) is 5.56 Å². The predicted octanol–water partition coefficient (Wildman–Crippen LogP) is 0.794. The average molecular weight is 420 g/mol. The van der Waals surface area contributed by atoms with Gasteiger partial charge in [0.05, 0.1) is 29.4 Å². The van der Waals surface area contributed by atoms with Crippen LogP contribution in [0.3, 0.4) is 0 Å².